The van der Waals surface area contributed by atoms with Gasteiger partial charge in [0.15, 0.2) is 0 Å². The number of hydrogen-bond donors (Lipinski definition) is 0. The largest absolute Gasteiger partial charge is 0.443 e. The summed E-state index contributed by atoms with van der Waals surface area (Å²) in [7, 11) is 0. The second-order valence-corrected chi connectivity index (χ2v) is 8.47. The number of aromatic nitrogens is 1. The van der Waals surface area contributed by atoms with Gasteiger partial charge in [-0.25, -0.2) is 4.79 Å². The molecule has 0 saturated carbocycles. The van der Waals surface area contributed by atoms with Crippen molar-refractivity contribution in [1.82, 2.24) is 4.57 Å². The van der Waals surface area contributed by atoms with Crippen molar-refractivity contribution >= 4 is 28.6 Å². The number of nitrogens with zero attached hydrogens (tertiary/aromatic N) is 2. The van der Waals surface area contributed by atoms with Gasteiger partial charge in [-0.05, 0) is 51.1 Å². The Kier molecular flexibility index (Phi) is 3.83. The highest BCUT2D eigenvalue weighted by molar-refractivity contribution is 6.05. The summed E-state index contributed by atoms with van der Waals surface area (Å²) in [5, 5.41) is 0.924. The molecule has 3 heterocycles. The first-order chi connectivity index (χ1) is 13.8. The number of carbonyl (C=O) groups is 2. The van der Waals surface area contributed by atoms with E-state index in [0.717, 1.165) is 22.2 Å². The number of amides is 1. The molecular weight excluding hydrogens is 368 g/mol. The number of benzene rings is 2. The summed E-state index contributed by atoms with van der Waals surface area (Å²) in [5.74, 6) is -0.0892. The predicted octanol–water partition coefficient (Wildman–Crippen LogP) is 4.52. The Morgan fingerprint density at radius 2 is 1.83 bits per heavy atom. The van der Waals surface area contributed by atoms with Crippen molar-refractivity contribution < 1.29 is 19.1 Å². The lowest BCUT2D eigenvalue weighted by molar-refractivity contribution is 0.0577. The van der Waals surface area contributed by atoms with Crippen molar-refractivity contribution in [1.29, 1.82) is 0 Å². The van der Waals surface area contributed by atoms with Gasteiger partial charge in [-0.1, -0.05) is 18.2 Å². The zero-order chi connectivity index (χ0) is 20.3. The van der Waals surface area contributed by atoms with Crippen LogP contribution in [0.25, 0.3) is 10.9 Å². The molecule has 1 saturated heterocycles. The fourth-order valence-electron chi connectivity index (χ4n) is 3.96. The smallest absolute Gasteiger partial charge is 0.414 e. The lowest BCUT2D eigenvalue weighted by Gasteiger charge is -2.30. The second-order valence-electron chi connectivity index (χ2n) is 8.47. The van der Waals surface area contributed by atoms with E-state index in [1.54, 1.807) is 27.8 Å². The molecule has 1 aromatic heterocycles. The molecule has 2 atom stereocenters. The molecule has 148 valence electrons. The summed E-state index contributed by atoms with van der Waals surface area (Å²) >= 11 is 0. The molecule has 0 N–H and O–H groups in total. The van der Waals surface area contributed by atoms with Crippen molar-refractivity contribution in [2.45, 2.75) is 38.6 Å². The standard InChI is InChI=1S/C23H22N2O4/c1-23(2,3)29-22(27)25-13-18-20(28-18)19-15-11-12-24(16(15)9-10-17(19)25)21(26)14-7-5-4-6-8-14/h4-12,18,20H,13H2,1-3H3. The van der Waals surface area contributed by atoms with Gasteiger partial charge in [-0.15, -0.1) is 0 Å². The van der Waals surface area contributed by atoms with Gasteiger partial charge in [0.05, 0.1) is 17.7 Å². The Morgan fingerprint density at radius 3 is 2.55 bits per heavy atom. The van der Waals surface area contributed by atoms with Crippen molar-refractivity contribution in [2.75, 3.05) is 11.4 Å². The van der Waals surface area contributed by atoms with E-state index in [1.165, 1.54) is 0 Å². The van der Waals surface area contributed by atoms with Crippen LogP contribution in [0.2, 0.25) is 0 Å². The number of hydrogen-bond acceptors (Lipinski definition) is 4. The van der Waals surface area contributed by atoms with Crippen molar-refractivity contribution in [3.05, 3.63) is 65.9 Å². The SMILES string of the molecule is CC(C)(C)OC(=O)N1CC2OC2c2c1ccc1c2ccn1C(=O)c1ccccc1. The Labute approximate surface area is 168 Å². The molecule has 0 radical (unpaired) electrons. The zero-order valence-electron chi connectivity index (χ0n) is 16.6. The third-order valence-corrected chi connectivity index (χ3v) is 5.26. The van der Waals surface area contributed by atoms with E-state index in [1.807, 2.05) is 57.2 Å². The molecule has 2 aliphatic heterocycles. The van der Waals surface area contributed by atoms with Gasteiger partial charge in [0.25, 0.3) is 5.91 Å². The van der Waals surface area contributed by atoms with Crippen LogP contribution in [0.3, 0.4) is 0 Å². The summed E-state index contributed by atoms with van der Waals surface area (Å²) in [5.41, 5.74) is 2.59. The van der Waals surface area contributed by atoms with Gasteiger partial charge in [-0.3, -0.25) is 14.3 Å². The first-order valence-electron chi connectivity index (χ1n) is 9.73. The molecule has 6 heteroatoms. The van der Waals surface area contributed by atoms with Gasteiger partial charge in [0.1, 0.15) is 17.8 Å². The van der Waals surface area contributed by atoms with Gasteiger partial charge >= 0.3 is 6.09 Å². The molecular formula is C23H22N2O4. The highest BCUT2D eigenvalue weighted by Crippen LogP contribution is 2.51. The molecule has 0 spiro atoms. The number of carbonyl (C=O) groups excluding carboxylic acids is 2. The molecule has 1 fully saturated rings. The molecule has 5 rings (SSSR count). The average molecular weight is 390 g/mol. The summed E-state index contributed by atoms with van der Waals surface area (Å²) in [6, 6.07) is 14.9. The van der Waals surface area contributed by atoms with E-state index < -0.39 is 5.60 Å². The van der Waals surface area contributed by atoms with Crippen LogP contribution in [0.15, 0.2) is 54.7 Å². The number of epoxide rings is 1. The van der Waals surface area contributed by atoms with Gasteiger partial charge in [-0.2, -0.15) is 0 Å². The Hall–Kier alpha value is -3.12. The molecule has 3 aromatic rings. The van der Waals surface area contributed by atoms with E-state index >= 15 is 0 Å². The predicted molar refractivity (Wildman–Crippen MR) is 109 cm³/mol. The quantitative estimate of drug-likeness (QED) is 0.573. The minimum atomic E-state index is -0.575. The minimum Gasteiger partial charge on any atom is -0.443 e. The van der Waals surface area contributed by atoms with Gasteiger partial charge in [0, 0.05) is 22.7 Å². The third kappa shape index (κ3) is 3.00. The zero-order valence-corrected chi connectivity index (χ0v) is 16.6. The topological polar surface area (TPSA) is 64.1 Å². The highest BCUT2D eigenvalue weighted by Gasteiger charge is 2.50. The molecule has 2 aromatic carbocycles. The van der Waals surface area contributed by atoms with Crippen LogP contribution in [0, 0.1) is 0 Å². The van der Waals surface area contributed by atoms with E-state index in [9.17, 15) is 9.59 Å². The number of anilines is 1. The molecule has 2 unspecified atom stereocenters. The van der Waals surface area contributed by atoms with Crippen LogP contribution >= 0.6 is 0 Å². The summed E-state index contributed by atoms with van der Waals surface area (Å²) in [6.45, 7) is 6.03. The van der Waals surface area contributed by atoms with Crippen molar-refractivity contribution in [3.63, 3.8) is 0 Å². The molecule has 6 nitrogen and oxygen atoms in total. The average Bonchev–Trinajstić information content (AvgIpc) is 3.35. The maximum atomic E-state index is 13.0. The molecule has 29 heavy (non-hydrogen) atoms. The lowest BCUT2D eigenvalue weighted by Crippen LogP contribution is -2.41. The van der Waals surface area contributed by atoms with Crippen LogP contribution < -0.4 is 4.90 Å². The van der Waals surface area contributed by atoms with E-state index in [-0.39, 0.29) is 24.2 Å². The molecule has 1 amide bonds. The first kappa shape index (κ1) is 17.9. The Balaban J connectivity index is 1.58. The first-order valence-corrected chi connectivity index (χ1v) is 9.73. The molecule has 0 aliphatic carbocycles. The number of ether oxygens (including phenoxy) is 2. The van der Waals surface area contributed by atoms with Crippen LogP contribution in [0.4, 0.5) is 10.5 Å². The van der Waals surface area contributed by atoms with Gasteiger partial charge < -0.3 is 9.47 Å². The van der Waals surface area contributed by atoms with Crippen LogP contribution in [0.5, 0.6) is 0 Å². The number of fused-ring (bicyclic) bond motifs is 5. The van der Waals surface area contributed by atoms with Gasteiger partial charge in [0.2, 0.25) is 0 Å². The lowest BCUT2D eigenvalue weighted by atomic mass is 9.98. The summed E-state index contributed by atoms with van der Waals surface area (Å²) in [4.78, 5) is 27.4. The fraction of sp³-hybridized carbons (Fsp3) is 0.304. The summed E-state index contributed by atoms with van der Waals surface area (Å²) in [6.07, 6.45) is 1.32. The fourth-order valence-corrected chi connectivity index (χ4v) is 3.96. The third-order valence-electron chi connectivity index (χ3n) is 5.26. The Morgan fingerprint density at radius 1 is 1.07 bits per heavy atom. The molecule has 2 aliphatic rings. The normalized spacial score (nSPS) is 20.2. The second kappa shape index (κ2) is 6.19. The number of rotatable bonds is 1. The van der Waals surface area contributed by atoms with E-state index in [4.69, 9.17) is 9.47 Å². The van der Waals surface area contributed by atoms with Crippen LogP contribution in [0.1, 0.15) is 42.8 Å². The van der Waals surface area contributed by atoms with Crippen molar-refractivity contribution in [2.24, 2.45) is 0 Å². The minimum absolute atomic E-state index is 0.0335. The monoisotopic (exact) mass is 390 g/mol. The van der Waals surface area contributed by atoms with E-state index in [0.29, 0.717) is 12.1 Å². The highest BCUT2D eigenvalue weighted by atomic mass is 16.6. The maximum absolute atomic E-state index is 13.0. The molecule has 0 bridgehead atoms. The Bertz CT molecular complexity index is 1130. The van der Waals surface area contributed by atoms with Crippen LogP contribution in [-0.4, -0.2) is 34.8 Å². The summed E-state index contributed by atoms with van der Waals surface area (Å²) < 4.78 is 13.1. The van der Waals surface area contributed by atoms with Crippen molar-refractivity contribution in [3.8, 4) is 0 Å². The van der Waals surface area contributed by atoms with Crippen LogP contribution in [-0.2, 0) is 9.47 Å². The van der Waals surface area contributed by atoms with E-state index in [2.05, 4.69) is 0 Å². The maximum Gasteiger partial charge on any atom is 0.414 e.